The first-order valence-corrected chi connectivity index (χ1v) is 10.3. The van der Waals surface area contributed by atoms with Gasteiger partial charge in [0.05, 0.1) is 7.11 Å². The number of ether oxygens (including phenoxy) is 1. The van der Waals surface area contributed by atoms with E-state index in [9.17, 15) is 9.18 Å². The second kappa shape index (κ2) is 8.82. The molecule has 5 nitrogen and oxygen atoms in total. The number of carbonyl (C=O) groups excluding carboxylic acids is 1. The quantitative estimate of drug-likeness (QED) is 0.779. The molecule has 1 unspecified atom stereocenters. The minimum atomic E-state index is -0.195. The molecule has 154 valence electrons. The van der Waals surface area contributed by atoms with E-state index in [-0.39, 0.29) is 17.9 Å². The maximum absolute atomic E-state index is 13.2. The fourth-order valence-electron chi connectivity index (χ4n) is 4.71. The van der Waals surface area contributed by atoms with Crippen molar-refractivity contribution in [2.24, 2.45) is 0 Å². The normalized spacial score (nSPS) is 24.0. The van der Waals surface area contributed by atoms with Gasteiger partial charge in [0.2, 0.25) is 0 Å². The number of nitrogens with one attached hydrogen (secondary N) is 2. The summed E-state index contributed by atoms with van der Waals surface area (Å²) < 4.78 is 18.4. The van der Waals surface area contributed by atoms with Crippen molar-refractivity contribution in [3.8, 4) is 5.75 Å². The summed E-state index contributed by atoms with van der Waals surface area (Å²) in [6, 6.07) is 15.1. The number of fused-ring (bicyclic) bond motifs is 2. The number of hydrogen-bond acceptors (Lipinski definition) is 3. The van der Waals surface area contributed by atoms with E-state index in [2.05, 4.69) is 15.5 Å². The Labute approximate surface area is 171 Å². The Morgan fingerprint density at radius 3 is 2.55 bits per heavy atom. The van der Waals surface area contributed by atoms with Gasteiger partial charge < -0.3 is 15.4 Å². The number of nitrogens with zero attached hydrogens (tertiary/aromatic N) is 1. The lowest BCUT2D eigenvalue weighted by atomic mass is 9.81. The van der Waals surface area contributed by atoms with Gasteiger partial charge in [-0.2, -0.15) is 0 Å². The topological polar surface area (TPSA) is 53.6 Å². The van der Waals surface area contributed by atoms with Crippen molar-refractivity contribution in [2.75, 3.05) is 12.4 Å². The molecule has 2 saturated heterocycles. The van der Waals surface area contributed by atoms with Gasteiger partial charge in [0.15, 0.2) is 0 Å². The summed E-state index contributed by atoms with van der Waals surface area (Å²) in [6.07, 6.45) is 5.42. The molecule has 2 aromatic rings. The average Bonchev–Trinajstić information content (AvgIpc) is 2.70. The van der Waals surface area contributed by atoms with Crippen molar-refractivity contribution in [1.29, 1.82) is 0 Å². The lowest BCUT2D eigenvalue weighted by molar-refractivity contribution is 0.0200. The van der Waals surface area contributed by atoms with Crippen LogP contribution >= 0.6 is 0 Å². The van der Waals surface area contributed by atoms with E-state index in [0.717, 1.165) is 43.5 Å². The molecule has 6 heteroatoms. The van der Waals surface area contributed by atoms with Crippen molar-refractivity contribution in [1.82, 2.24) is 10.2 Å². The highest BCUT2D eigenvalue weighted by Crippen LogP contribution is 2.35. The summed E-state index contributed by atoms with van der Waals surface area (Å²) in [5, 5.41) is 6.06. The summed E-state index contributed by atoms with van der Waals surface area (Å²) in [5.41, 5.74) is 1.86. The van der Waals surface area contributed by atoms with E-state index in [1.165, 1.54) is 18.6 Å². The van der Waals surface area contributed by atoms with Crippen molar-refractivity contribution >= 4 is 11.7 Å². The molecule has 0 spiro atoms. The van der Waals surface area contributed by atoms with Crippen LogP contribution < -0.4 is 15.4 Å². The van der Waals surface area contributed by atoms with E-state index in [1.54, 1.807) is 13.2 Å². The zero-order chi connectivity index (χ0) is 20.2. The fourth-order valence-corrected chi connectivity index (χ4v) is 4.71. The molecule has 0 aliphatic carbocycles. The summed E-state index contributed by atoms with van der Waals surface area (Å²) >= 11 is 0. The molecular weight excluding hydrogens is 369 g/mol. The van der Waals surface area contributed by atoms with Gasteiger partial charge in [0.1, 0.15) is 11.6 Å². The smallest absolute Gasteiger partial charge is 0.319 e. The van der Waals surface area contributed by atoms with Crippen molar-refractivity contribution in [2.45, 2.75) is 56.8 Å². The van der Waals surface area contributed by atoms with Crippen LogP contribution in [-0.2, 0) is 6.54 Å². The molecule has 0 aromatic heterocycles. The standard InChI is InChI=1S/C23H28FN3O2/c1-29-22-7-2-4-18(14-22)25-23(28)26-19-12-20-5-3-6-21(13-19)27(20)15-16-8-10-17(24)11-9-16/h2,4,7-11,14,19-21H,3,5-6,12-13,15H2,1H3,(H2,25,26,28)/t19?,20-,21+. The van der Waals surface area contributed by atoms with E-state index < -0.39 is 0 Å². The Hall–Kier alpha value is -2.60. The van der Waals surface area contributed by atoms with Crippen LogP contribution in [0, 0.1) is 5.82 Å². The third kappa shape index (κ3) is 4.88. The number of amides is 2. The number of benzene rings is 2. The Bertz CT molecular complexity index is 828. The lowest BCUT2D eigenvalue weighted by Crippen LogP contribution is -2.56. The third-order valence-corrected chi connectivity index (χ3v) is 6.07. The minimum Gasteiger partial charge on any atom is -0.497 e. The summed E-state index contributed by atoms with van der Waals surface area (Å²) in [6.45, 7) is 0.846. The van der Waals surface area contributed by atoms with Gasteiger partial charge in [0, 0.05) is 36.4 Å². The second-order valence-corrected chi connectivity index (χ2v) is 8.04. The van der Waals surface area contributed by atoms with Crippen LogP contribution in [0.4, 0.5) is 14.9 Å². The molecule has 2 aliphatic heterocycles. The number of piperidine rings is 2. The number of urea groups is 1. The van der Waals surface area contributed by atoms with Gasteiger partial charge >= 0.3 is 6.03 Å². The van der Waals surface area contributed by atoms with Gasteiger partial charge in [-0.3, -0.25) is 4.90 Å². The van der Waals surface area contributed by atoms with Crippen LogP contribution in [0.25, 0.3) is 0 Å². The summed E-state index contributed by atoms with van der Waals surface area (Å²) in [4.78, 5) is 15.0. The predicted octanol–water partition coefficient (Wildman–Crippen LogP) is 4.54. The van der Waals surface area contributed by atoms with Crippen molar-refractivity contribution in [3.63, 3.8) is 0 Å². The molecule has 2 heterocycles. The van der Waals surface area contributed by atoms with Gasteiger partial charge in [0.25, 0.3) is 0 Å². The molecule has 2 bridgehead atoms. The van der Waals surface area contributed by atoms with Crippen LogP contribution in [0.3, 0.4) is 0 Å². The highest BCUT2D eigenvalue weighted by Gasteiger charge is 2.38. The predicted molar refractivity (Wildman–Crippen MR) is 112 cm³/mol. The molecule has 4 rings (SSSR count). The fraction of sp³-hybridized carbons (Fsp3) is 0.435. The Balaban J connectivity index is 1.35. The molecule has 2 N–H and O–H groups in total. The van der Waals surface area contributed by atoms with Crippen molar-refractivity contribution in [3.05, 3.63) is 59.9 Å². The Morgan fingerprint density at radius 1 is 1.14 bits per heavy atom. The van der Waals surface area contributed by atoms with Gasteiger partial charge in [-0.1, -0.05) is 24.6 Å². The summed E-state index contributed by atoms with van der Waals surface area (Å²) in [7, 11) is 1.61. The number of rotatable bonds is 5. The molecular formula is C23H28FN3O2. The first kappa shape index (κ1) is 19.7. The number of methoxy groups -OCH3 is 1. The van der Waals surface area contributed by atoms with Gasteiger partial charge in [-0.05, 0) is 55.5 Å². The zero-order valence-corrected chi connectivity index (χ0v) is 16.7. The monoisotopic (exact) mass is 397 g/mol. The van der Waals surface area contributed by atoms with Gasteiger partial charge in [-0.25, -0.2) is 9.18 Å². The highest BCUT2D eigenvalue weighted by molar-refractivity contribution is 5.89. The zero-order valence-electron chi connectivity index (χ0n) is 16.7. The molecule has 0 saturated carbocycles. The largest absolute Gasteiger partial charge is 0.497 e. The third-order valence-electron chi connectivity index (χ3n) is 6.07. The molecule has 29 heavy (non-hydrogen) atoms. The first-order valence-electron chi connectivity index (χ1n) is 10.3. The SMILES string of the molecule is COc1cccc(NC(=O)NC2C[C@H]3CCC[C@@H](C2)N3Cc2ccc(F)cc2)c1. The first-order chi connectivity index (χ1) is 14.1. The number of anilines is 1. The van der Waals surface area contributed by atoms with Crippen LogP contribution in [0.5, 0.6) is 5.75 Å². The number of halogens is 1. The second-order valence-electron chi connectivity index (χ2n) is 8.04. The summed E-state index contributed by atoms with van der Waals surface area (Å²) in [5.74, 6) is 0.519. The Morgan fingerprint density at radius 2 is 1.86 bits per heavy atom. The molecule has 2 amide bonds. The molecule has 2 aliphatic rings. The van der Waals surface area contributed by atoms with E-state index in [0.29, 0.717) is 17.8 Å². The lowest BCUT2D eigenvalue weighted by Gasteiger charge is -2.49. The van der Waals surface area contributed by atoms with E-state index in [4.69, 9.17) is 4.74 Å². The maximum atomic E-state index is 13.2. The van der Waals surface area contributed by atoms with Crippen molar-refractivity contribution < 1.29 is 13.9 Å². The highest BCUT2D eigenvalue weighted by atomic mass is 19.1. The molecule has 0 radical (unpaired) electrons. The van der Waals surface area contributed by atoms with Crippen LogP contribution in [0.1, 0.15) is 37.7 Å². The molecule has 3 atom stereocenters. The maximum Gasteiger partial charge on any atom is 0.319 e. The van der Waals surface area contributed by atoms with Gasteiger partial charge in [-0.15, -0.1) is 0 Å². The van der Waals surface area contributed by atoms with Crippen LogP contribution in [0.2, 0.25) is 0 Å². The minimum absolute atomic E-state index is 0.167. The molecule has 2 fully saturated rings. The van der Waals surface area contributed by atoms with Crippen LogP contribution in [0.15, 0.2) is 48.5 Å². The number of hydrogen-bond donors (Lipinski definition) is 2. The Kier molecular flexibility index (Phi) is 6.00. The van der Waals surface area contributed by atoms with E-state index >= 15 is 0 Å². The van der Waals surface area contributed by atoms with E-state index in [1.807, 2.05) is 30.3 Å². The molecule has 2 aromatic carbocycles. The average molecular weight is 397 g/mol. The van der Waals surface area contributed by atoms with Crippen LogP contribution in [-0.4, -0.2) is 36.2 Å². The number of carbonyl (C=O) groups is 1.